The first-order valence-electron chi connectivity index (χ1n) is 13.8. The number of hydrogen-bond donors (Lipinski definition) is 4. The first-order chi connectivity index (χ1) is 22.6. The van der Waals surface area contributed by atoms with Gasteiger partial charge in [-0.25, -0.2) is 0 Å². The third kappa shape index (κ3) is 36.9. The van der Waals surface area contributed by atoms with Crippen molar-refractivity contribution in [1.29, 1.82) is 0 Å². The van der Waals surface area contributed by atoms with Gasteiger partial charge < -0.3 is 20.4 Å². The molecule has 0 aliphatic heterocycles. The van der Waals surface area contributed by atoms with Crippen LogP contribution in [0.1, 0.15) is 59.5 Å². The molecule has 0 amide bonds. The number of rotatable bonds is 6. The molecule has 2 aromatic carbocycles. The first-order valence-corrected chi connectivity index (χ1v) is 13.8. The monoisotopic (exact) mass is 784 g/mol. The molecule has 2 aromatic heterocycles. The van der Waals surface area contributed by atoms with Crippen LogP contribution in [0, 0.1) is 0 Å². The smallest absolute Gasteiger partial charge is 0.300 e. The van der Waals surface area contributed by atoms with E-state index in [9.17, 15) is 9.59 Å². The van der Waals surface area contributed by atoms with Gasteiger partial charge in [0.25, 0.3) is 23.9 Å². The van der Waals surface area contributed by atoms with Crippen LogP contribution >= 0.6 is 0 Å². The number of carboxylic acids is 4. The Bertz CT molecular complexity index is 1430. The van der Waals surface area contributed by atoms with E-state index in [0.717, 1.165) is 38.8 Å². The zero-order chi connectivity index (χ0) is 36.7. The number of carboxylic acid groups (broad SMARTS) is 4. The number of allylic oxidation sites excluding steroid dienone is 2. The summed E-state index contributed by atoms with van der Waals surface area (Å²) >= 11 is 0. The molecule has 0 atom stereocenters. The van der Waals surface area contributed by atoms with Crippen LogP contribution in [0.5, 0.6) is 0 Å². The van der Waals surface area contributed by atoms with Crippen molar-refractivity contribution in [2.24, 2.45) is 0 Å². The summed E-state index contributed by atoms with van der Waals surface area (Å²) in [4.78, 5) is 67.1. The van der Waals surface area contributed by atoms with Gasteiger partial charge in [-0.3, -0.25) is 38.7 Å². The summed E-state index contributed by atoms with van der Waals surface area (Å²) in [6, 6.07) is 26.3. The van der Waals surface area contributed by atoms with Gasteiger partial charge in [-0.1, -0.05) is 72.8 Å². The van der Waals surface area contributed by atoms with Crippen LogP contribution in [-0.4, -0.2) is 65.8 Å². The fourth-order valence-electron chi connectivity index (χ4n) is 2.70. The van der Waals surface area contributed by atoms with E-state index in [4.69, 9.17) is 39.6 Å². The Labute approximate surface area is 311 Å². The van der Waals surface area contributed by atoms with Crippen LogP contribution in [-0.2, 0) is 53.3 Å². The molecule has 2 radical (unpaired) electrons. The molecule has 2 heterocycles. The summed E-state index contributed by atoms with van der Waals surface area (Å²) in [5.41, 5.74) is 3.35. The molecule has 0 unspecified atom stereocenters. The van der Waals surface area contributed by atoms with Gasteiger partial charge in [-0.05, 0) is 47.5 Å². The maximum Gasteiger partial charge on any atom is 0.300 e. The van der Waals surface area contributed by atoms with Gasteiger partial charge in [0.05, 0.1) is 0 Å². The van der Waals surface area contributed by atoms with Gasteiger partial charge in [0.2, 0.25) is 0 Å². The predicted molar refractivity (Wildman–Crippen MR) is 181 cm³/mol. The predicted octanol–water partition coefficient (Wildman–Crippen LogP) is 6.31. The quantitative estimate of drug-likeness (QED) is 0.0963. The topological polar surface area (TPSA) is 209 Å². The molecular weight excluding hydrogens is 747 g/mol. The molecule has 0 bridgehead atoms. The van der Waals surface area contributed by atoms with Crippen molar-refractivity contribution in [3.05, 3.63) is 144 Å². The Morgan fingerprint density at radius 2 is 0.660 bits per heavy atom. The third-order valence-corrected chi connectivity index (χ3v) is 4.38. The summed E-state index contributed by atoms with van der Waals surface area (Å²) in [5.74, 6) is -3.35. The Hall–Kier alpha value is -5.52. The summed E-state index contributed by atoms with van der Waals surface area (Å²) in [7, 11) is 0. The number of benzene rings is 2. The first kappa shape index (κ1) is 51.3. The van der Waals surface area contributed by atoms with E-state index >= 15 is 0 Å². The van der Waals surface area contributed by atoms with Crippen molar-refractivity contribution in [3.63, 3.8) is 0 Å². The summed E-state index contributed by atoms with van der Waals surface area (Å²) in [6.45, 7) is 4.33. The number of aromatic nitrogens is 2. The Morgan fingerprint density at radius 1 is 0.440 bits per heavy atom. The molecule has 0 spiro atoms. The van der Waals surface area contributed by atoms with Crippen molar-refractivity contribution in [1.82, 2.24) is 9.97 Å². The molecular formula is C36H38Cu2N2O10. The second-order valence-corrected chi connectivity index (χ2v) is 8.76. The van der Waals surface area contributed by atoms with Crippen LogP contribution in [0.25, 0.3) is 12.2 Å². The van der Waals surface area contributed by atoms with Gasteiger partial charge in [0.1, 0.15) is 0 Å². The van der Waals surface area contributed by atoms with E-state index in [2.05, 4.69) is 9.97 Å². The summed E-state index contributed by atoms with van der Waals surface area (Å²) in [5, 5.41) is 29.7. The van der Waals surface area contributed by atoms with E-state index in [1.807, 2.05) is 72.8 Å². The molecule has 0 saturated carbocycles. The normalized spacial score (nSPS) is 8.72. The average Bonchev–Trinajstić information content (AvgIpc) is 3.03. The van der Waals surface area contributed by atoms with Crippen LogP contribution in [0.3, 0.4) is 0 Å². The third-order valence-electron chi connectivity index (χ3n) is 4.38. The number of nitrogens with zero attached hydrogens (tertiary/aromatic N) is 2. The second kappa shape index (κ2) is 33.4. The molecule has 50 heavy (non-hydrogen) atoms. The van der Waals surface area contributed by atoms with Crippen molar-refractivity contribution < 1.29 is 83.3 Å². The van der Waals surface area contributed by atoms with Gasteiger partial charge in [0, 0.05) is 97.7 Å². The van der Waals surface area contributed by atoms with E-state index in [1.54, 1.807) is 61.2 Å². The molecule has 274 valence electrons. The molecule has 0 fully saturated rings. The van der Waals surface area contributed by atoms with Gasteiger partial charge in [-0.2, -0.15) is 0 Å². The van der Waals surface area contributed by atoms with Crippen molar-refractivity contribution in [2.45, 2.75) is 27.7 Å². The molecule has 4 N–H and O–H groups in total. The van der Waals surface area contributed by atoms with Crippen molar-refractivity contribution >= 4 is 47.6 Å². The molecule has 0 saturated heterocycles. The van der Waals surface area contributed by atoms with E-state index in [1.165, 1.54) is 0 Å². The fourth-order valence-corrected chi connectivity index (χ4v) is 2.70. The van der Waals surface area contributed by atoms with Crippen LogP contribution in [0.4, 0.5) is 0 Å². The SMILES string of the molecule is CC(=O)O.CC(=O)O.CC(=O)O.CC(=O)O.O=C(/C=C/c1ccccc1)c1ccncc1.O=C(/C=C/c1ccccc1)c1ccncc1.[Cu].[Cu]. The number of hydrogen-bond acceptors (Lipinski definition) is 8. The number of carbonyl (C=O) groups is 6. The second-order valence-electron chi connectivity index (χ2n) is 8.76. The summed E-state index contributed by atoms with van der Waals surface area (Å²) in [6.07, 6.45) is 13.2. The Kier molecular flexibility index (Phi) is 34.3. The maximum atomic E-state index is 11.7. The average molecular weight is 786 g/mol. The minimum atomic E-state index is -0.833. The Morgan fingerprint density at radius 3 is 0.880 bits per heavy atom. The molecule has 12 nitrogen and oxygen atoms in total. The number of ketones is 2. The zero-order valence-corrected chi connectivity index (χ0v) is 29.3. The number of carbonyl (C=O) groups excluding carboxylic acids is 2. The molecule has 0 aliphatic rings. The maximum absolute atomic E-state index is 11.7. The molecule has 4 aromatic rings. The van der Waals surface area contributed by atoms with Crippen LogP contribution < -0.4 is 0 Å². The van der Waals surface area contributed by atoms with E-state index in [0.29, 0.717) is 11.1 Å². The number of pyridine rings is 2. The molecule has 14 heteroatoms. The number of aliphatic carboxylic acids is 4. The Balaban J connectivity index is -0.000000290. The van der Waals surface area contributed by atoms with Crippen molar-refractivity contribution in [3.8, 4) is 0 Å². The minimum Gasteiger partial charge on any atom is -0.481 e. The zero-order valence-electron chi connectivity index (χ0n) is 27.4. The fraction of sp³-hybridized carbons (Fsp3) is 0.111. The van der Waals surface area contributed by atoms with Gasteiger partial charge in [0.15, 0.2) is 11.6 Å². The standard InChI is InChI=1S/2C14H11NO.4C2H4O2.2Cu/c2*16-14(13-8-10-15-11-9-13)7-6-12-4-2-1-3-5-12;4*1-2(3)4;;/h2*1-11H;4*1H3,(H,3,4);;/b2*7-6+;;;;;;. The van der Waals surface area contributed by atoms with Gasteiger partial charge >= 0.3 is 0 Å². The molecule has 0 aliphatic carbocycles. The molecule has 4 rings (SSSR count). The van der Waals surface area contributed by atoms with Crippen LogP contribution in [0.2, 0.25) is 0 Å². The van der Waals surface area contributed by atoms with Crippen LogP contribution in [0.15, 0.2) is 122 Å². The summed E-state index contributed by atoms with van der Waals surface area (Å²) < 4.78 is 0. The largest absolute Gasteiger partial charge is 0.481 e. The van der Waals surface area contributed by atoms with Crippen molar-refractivity contribution in [2.75, 3.05) is 0 Å². The van der Waals surface area contributed by atoms with E-state index < -0.39 is 23.9 Å². The minimum absolute atomic E-state index is 0. The van der Waals surface area contributed by atoms with Gasteiger partial charge in [-0.15, -0.1) is 0 Å². The van der Waals surface area contributed by atoms with E-state index in [-0.39, 0.29) is 45.7 Å².